The minimum absolute atomic E-state index is 0.0576. The van der Waals surface area contributed by atoms with Crippen LogP contribution in [0.5, 0.6) is 6.08 Å². The molecule has 30 heavy (non-hydrogen) atoms. The summed E-state index contributed by atoms with van der Waals surface area (Å²) in [6.07, 6.45) is 2.59. The van der Waals surface area contributed by atoms with Gasteiger partial charge in [-0.15, -0.1) is 0 Å². The maximum atomic E-state index is 13.1. The van der Waals surface area contributed by atoms with Gasteiger partial charge >= 0.3 is 18.1 Å². The number of urea groups is 1. The Hall–Kier alpha value is -3.07. The number of carboxylic acids is 1. The Morgan fingerprint density at radius 1 is 1.40 bits per heavy atom. The molecule has 2 aromatic rings. The highest BCUT2D eigenvalue weighted by Crippen LogP contribution is 2.36. The number of aryl methyl sites for hydroxylation is 1. The summed E-state index contributed by atoms with van der Waals surface area (Å²) in [4.78, 5) is 31.4. The van der Waals surface area contributed by atoms with Crippen LogP contribution >= 0.6 is 0 Å². The van der Waals surface area contributed by atoms with E-state index >= 15 is 0 Å². The zero-order valence-corrected chi connectivity index (χ0v) is 16.9. The minimum atomic E-state index is -1.21. The summed E-state index contributed by atoms with van der Waals surface area (Å²) in [5, 5.41) is 19.0. The molecular weight excluding hydrogens is 390 g/mol. The molecule has 2 amide bonds. The normalized spacial score (nSPS) is 20.9. The van der Waals surface area contributed by atoms with Gasteiger partial charge in [-0.1, -0.05) is 6.07 Å². The molecule has 2 atom stereocenters. The highest BCUT2D eigenvalue weighted by molar-refractivity contribution is 5.95. The molecule has 0 radical (unpaired) electrons. The molecule has 0 spiro atoms. The topological polar surface area (TPSA) is 116 Å². The first-order valence-electron chi connectivity index (χ1n) is 10.1. The van der Waals surface area contributed by atoms with Crippen molar-refractivity contribution < 1.29 is 29.0 Å². The molecule has 2 N–H and O–H groups in total. The maximum absolute atomic E-state index is 13.1. The molecule has 1 unspecified atom stereocenters. The average molecular weight is 415 g/mol. The van der Waals surface area contributed by atoms with E-state index in [1.165, 1.54) is 0 Å². The molecule has 0 saturated carbocycles. The number of carboxylic acid groups (broad SMARTS) is 1. The summed E-state index contributed by atoms with van der Waals surface area (Å²) in [6, 6.07) is 5.68. The van der Waals surface area contributed by atoms with E-state index < -0.39 is 12.1 Å². The molecule has 9 nitrogen and oxygen atoms in total. The molecule has 9 heteroatoms. The van der Waals surface area contributed by atoms with Crippen LogP contribution in [0.4, 0.5) is 10.5 Å². The molecule has 2 heterocycles. The van der Waals surface area contributed by atoms with Gasteiger partial charge in [0.15, 0.2) is 0 Å². The van der Waals surface area contributed by atoms with Gasteiger partial charge in [-0.3, -0.25) is 4.90 Å². The molecule has 4 rings (SSSR count). The smallest absolute Gasteiger partial charge is 0.394 e. The van der Waals surface area contributed by atoms with Crippen LogP contribution in [0.2, 0.25) is 0 Å². The lowest BCUT2D eigenvalue weighted by Gasteiger charge is -2.24. The van der Waals surface area contributed by atoms with Gasteiger partial charge in [0, 0.05) is 24.7 Å². The van der Waals surface area contributed by atoms with Crippen LogP contribution < -0.4 is 9.64 Å². The SMILES string of the molecule is CC(C)N1C[C@H](CCOc2ncc(C(=O)O)o2)N(c2ccc3c(c2)CCC3O)C1=O. The number of oxazole rings is 1. The Morgan fingerprint density at radius 2 is 2.20 bits per heavy atom. The largest absolute Gasteiger partial charge is 0.475 e. The van der Waals surface area contributed by atoms with Gasteiger partial charge in [0.2, 0.25) is 5.76 Å². The van der Waals surface area contributed by atoms with E-state index in [4.69, 9.17) is 14.3 Å². The molecule has 160 valence electrons. The number of carbonyl (C=O) groups excluding carboxylic acids is 1. The first-order chi connectivity index (χ1) is 14.3. The van der Waals surface area contributed by atoms with E-state index in [0.717, 1.165) is 29.4 Å². The molecule has 1 aliphatic carbocycles. The first-order valence-corrected chi connectivity index (χ1v) is 10.1. The van der Waals surface area contributed by atoms with Crippen molar-refractivity contribution in [2.45, 2.75) is 51.3 Å². The van der Waals surface area contributed by atoms with Crippen LogP contribution in [-0.4, -0.2) is 57.3 Å². The van der Waals surface area contributed by atoms with Crippen molar-refractivity contribution in [3.63, 3.8) is 0 Å². The number of carbonyl (C=O) groups is 2. The van der Waals surface area contributed by atoms with E-state index in [0.29, 0.717) is 19.4 Å². The number of ether oxygens (including phenoxy) is 1. The lowest BCUT2D eigenvalue weighted by atomic mass is 10.1. The summed E-state index contributed by atoms with van der Waals surface area (Å²) < 4.78 is 10.5. The Kier molecular flexibility index (Phi) is 5.38. The van der Waals surface area contributed by atoms with Crippen LogP contribution in [-0.2, 0) is 6.42 Å². The summed E-state index contributed by atoms with van der Waals surface area (Å²) in [5.41, 5.74) is 2.82. The lowest BCUT2D eigenvalue weighted by Crippen LogP contribution is -2.37. The van der Waals surface area contributed by atoms with Crippen LogP contribution in [0.3, 0.4) is 0 Å². The number of aromatic nitrogens is 1. The standard InChI is InChI=1S/C21H25N3O6/c1-12(2)23-11-15(7-8-29-20-22-10-18(30-20)19(26)27)24(21(23)28)14-4-5-16-13(9-14)3-6-17(16)25/h4-5,9-10,12,15,17,25H,3,6-8,11H2,1-2H3,(H,26,27)/t15-,17?/m0/s1. The molecule has 1 aromatic heterocycles. The van der Waals surface area contributed by atoms with Crippen molar-refractivity contribution in [1.82, 2.24) is 9.88 Å². The minimum Gasteiger partial charge on any atom is -0.475 e. The molecule has 1 fully saturated rings. The number of nitrogens with zero attached hydrogens (tertiary/aromatic N) is 3. The second-order valence-electron chi connectivity index (χ2n) is 7.92. The average Bonchev–Trinajstić information content (AvgIpc) is 3.40. The van der Waals surface area contributed by atoms with Crippen molar-refractivity contribution in [2.24, 2.45) is 0 Å². The van der Waals surface area contributed by atoms with Gasteiger partial charge in [-0.2, -0.15) is 4.98 Å². The van der Waals surface area contributed by atoms with E-state index in [-0.39, 0.29) is 36.6 Å². The number of hydrogen-bond donors (Lipinski definition) is 2. The summed E-state index contributed by atoms with van der Waals surface area (Å²) in [6.45, 7) is 4.75. The Labute approximate surface area is 173 Å². The third kappa shape index (κ3) is 3.72. The van der Waals surface area contributed by atoms with Crippen LogP contribution in [0, 0.1) is 0 Å². The lowest BCUT2D eigenvalue weighted by molar-refractivity contribution is 0.0652. The zero-order chi connectivity index (χ0) is 21.4. The van der Waals surface area contributed by atoms with Crippen molar-refractivity contribution in [3.05, 3.63) is 41.3 Å². The van der Waals surface area contributed by atoms with Crippen LogP contribution in [0.25, 0.3) is 0 Å². The fraction of sp³-hybridized carbons (Fsp3) is 0.476. The highest BCUT2D eigenvalue weighted by Gasteiger charge is 2.39. The van der Waals surface area contributed by atoms with Crippen molar-refractivity contribution in [1.29, 1.82) is 0 Å². The molecule has 2 aliphatic rings. The van der Waals surface area contributed by atoms with E-state index in [1.54, 1.807) is 4.90 Å². The van der Waals surface area contributed by atoms with Gasteiger partial charge in [-0.05, 0) is 49.9 Å². The summed E-state index contributed by atoms with van der Waals surface area (Å²) in [7, 11) is 0. The predicted molar refractivity (Wildman–Crippen MR) is 107 cm³/mol. The number of benzene rings is 1. The number of anilines is 1. The van der Waals surface area contributed by atoms with Crippen LogP contribution in [0.15, 0.2) is 28.8 Å². The Balaban J connectivity index is 1.49. The second kappa shape index (κ2) is 7.98. The number of aliphatic hydroxyl groups is 1. The number of hydrogen-bond acceptors (Lipinski definition) is 6. The van der Waals surface area contributed by atoms with Gasteiger partial charge in [0.25, 0.3) is 0 Å². The fourth-order valence-electron chi connectivity index (χ4n) is 4.09. The number of amides is 2. The van der Waals surface area contributed by atoms with E-state index in [2.05, 4.69) is 4.98 Å². The zero-order valence-electron chi connectivity index (χ0n) is 16.9. The fourth-order valence-corrected chi connectivity index (χ4v) is 4.09. The number of aliphatic hydroxyl groups excluding tert-OH is 1. The molecule has 1 saturated heterocycles. The van der Waals surface area contributed by atoms with Crippen molar-refractivity contribution >= 4 is 17.7 Å². The van der Waals surface area contributed by atoms with Gasteiger partial charge < -0.3 is 24.3 Å². The van der Waals surface area contributed by atoms with Crippen LogP contribution in [0.1, 0.15) is 54.5 Å². The highest BCUT2D eigenvalue weighted by atomic mass is 16.6. The number of rotatable bonds is 7. The molecule has 0 bridgehead atoms. The van der Waals surface area contributed by atoms with E-state index in [1.807, 2.05) is 36.9 Å². The van der Waals surface area contributed by atoms with Gasteiger partial charge in [-0.25, -0.2) is 9.59 Å². The van der Waals surface area contributed by atoms with Gasteiger partial charge in [0.05, 0.1) is 24.9 Å². The molecule has 1 aliphatic heterocycles. The quantitative estimate of drug-likeness (QED) is 0.714. The van der Waals surface area contributed by atoms with E-state index in [9.17, 15) is 14.7 Å². The maximum Gasteiger partial charge on any atom is 0.394 e. The Morgan fingerprint density at radius 3 is 2.90 bits per heavy atom. The molecule has 1 aromatic carbocycles. The Bertz CT molecular complexity index is 956. The molecular formula is C21H25N3O6. The van der Waals surface area contributed by atoms with Crippen molar-refractivity contribution in [3.8, 4) is 6.08 Å². The number of aromatic carboxylic acids is 1. The van der Waals surface area contributed by atoms with Gasteiger partial charge in [0.1, 0.15) is 0 Å². The third-order valence-corrected chi connectivity index (χ3v) is 5.67. The van der Waals surface area contributed by atoms with Crippen molar-refractivity contribution in [2.75, 3.05) is 18.1 Å². The second-order valence-corrected chi connectivity index (χ2v) is 7.92. The monoisotopic (exact) mass is 415 g/mol. The first kappa shape index (κ1) is 20.2. The third-order valence-electron chi connectivity index (χ3n) is 5.67. The number of fused-ring (bicyclic) bond motifs is 1. The predicted octanol–water partition coefficient (Wildman–Crippen LogP) is 2.84. The summed E-state index contributed by atoms with van der Waals surface area (Å²) >= 11 is 0. The summed E-state index contributed by atoms with van der Waals surface area (Å²) in [5.74, 6) is -1.49.